The fourth-order valence-corrected chi connectivity index (χ4v) is 3.16. The quantitative estimate of drug-likeness (QED) is 0.846. The number of aromatic carboxylic acids is 1. The van der Waals surface area contributed by atoms with Gasteiger partial charge in [0.05, 0.1) is 12.0 Å². The minimum absolute atomic E-state index is 0.0834. The molecule has 25 heavy (non-hydrogen) atoms. The first-order valence-corrected chi connectivity index (χ1v) is 8.50. The second-order valence-corrected chi connectivity index (χ2v) is 6.33. The summed E-state index contributed by atoms with van der Waals surface area (Å²) in [6.45, 7) is 3.34. The maximum absolute atomic E-state index is 12.1. The van der Waals surface area contributed by atoms with Gasteiger partial charge in [0.2, 0.25) is 5.91 Å². The van der Waals surface area contributed by atoms with E-state index < -0.39 is 5.97 Å². The summed E-state index contributed by atoms with van der Waals surface area (Å²) < 4.78 is 0. The molecule has 0 spiro atoms. The average Bonchev–Trinajstić information content (AvgIpc) is 2.62. The highest BCUT2D eigenvalue weighted by Crippen LogP contribution is 2.17. The van der Waals surface area contributed by atoms with Gasteiger partial charge in [0.15, 0.2) is 0 Å². The van der Waals surface area contributed by atoms with E-state index in [-0.39, 0.29) is 17.9 Å². The van der Waals surface area contributed by atoms with E-state index in [4.69, 9.17) is 5.11 Å². The van der Waals surface area contributed by atoms with Crippen molar-refractivity contribution in [3.8, 4) is 0 Å². The van der Waals surface area contributed by atoms with Crippen LogP contribution < -0.4 is 5.32 Å². The Kier molecular flexibility index (Phi) is 5.46. The zero-order chi connectivity index (χ0) is 17.6. The molecule has 2 aromatic carbocycles. The first kappa shape index (κ1) is 17.2. The third-order valence-electron chi connectivity index (χ3n) is 4.50. The van der Waals surface area contributed by atoms with Gasteiger partial charge in [0, 0.05) is 26.2 Å². The Bertz CT molecular complexity index is 773. The number of rotatable bonds is 6. The predicted molar refractivity (Wildman–Crippen MR) is 95.5 cm³/mol. The molecular weight excluding hydrogens is 316 g/mol. The van der Waals surface area contributed by atoms with Gasteiger partial charge >= 0.3 is 5.97 Å². The van der Waals surface area contributed by atoms with Crippen molar-refractivity contribution in [2.24, 2.45) is 0 Å². The maximum atomic E-state index is 12.1. The molecule has 0 atom stereocenters. The molecule has 0 saturated carbocycles. The highest BCUT2D eigenvalue weighted by Gasteiger charge is 2.15. The molecule has 0 saturated heterocycles. The normalized spacial score (nSPS) is 13.9. The molecule has 5 nitrogen and oxygen atoms in total. The van der Waals surface area contributed by atoms with Gasteiger partial charge in [-0.2, -0.15) is 0 Å². The van der Waals surface area contributed by atoms with E-state index in [1.54, 1.807) is 18.2 Å². The third-order valence-corrected chi connectivity index (χ3v) is 4.50. The molecule has 0 aliphatic carbocycles. The van der Waals surface area contributed by atoms with Gasteiger partial charge in [-0.25, -0.2) is 4.79 Å². The SMILES string of the molecule is O=C(Cc1cccc(C(=O)O)c1)NCCN1CCc2ccccc2C1. The van der Waals surface area contributed by atoms with Crippen LogP contribution in [-0.2, 0) is 24.2 Å². The molecule has 1 aliphatic rings. The van der Waals surface area contributed by atoms with Crippen molar-refractivity contribution >= 4 is 11.9 Å². The molecule has 0 fully saturated rings. The molecule has 2 aromatic rings. The van der Waals surface area contributed by atoms with Crippen molar-refractivity contribution in [2.75, 3.05) is 19.6 Å². The lowest BCUT2D eigenvalue weighted by Gasteiger charge is -2.28. The summed E-state index contributed by atoms with van der Waals surface area (Å²) in [7, 11) is 0. The number of hydrogen-bond acceptors (Lipinski definition) is 3. The molecule has 2 N–H and O–H groups in total. The first-order chi connectivity index (χ1) is 12.1. The van der Waals surface area contributed by atoms with Crippen molar-refractivity contribution in [2.45, 2.75) is 19.4 Å². The number of amides is 1. The Morgan fingerprint density at radius 1 is 1.08 bits per heavy atom. The fraction of sp³-hybridized carbons (Fsp3) is 0.300. The second-order valence-electron chi connectivity index (χ2n) is 6.33. The van der Waals surface area contributed by atoms with Gasteiger partial charge in [-0.3, -0.25) is 9.69 Å². The van der Waals surface area contributed by atoms with Crippen molar-refractivity contribution in [1.82, 2.24) is 10.2 Å². The Morgan fingerprint density at radius 2 is 1.88 bits per heavy atom. The topological polar surface area (TPSA) is 69.6 Å². The number of carbonyl (C=O) groups excluding carboxylic acids is 1. The van der Waals surface area contributed by atoms with Crippen molar-refractivity contribution in [3.05, 3.63) is 70.8 Å². The molecule has 0 aromatic heterocycles. The summed E-state index contributed by atoms with van der Waals surface area (Å²) in [5, 5.41) is 11.9. The lowest BCUT2D eigenvalue weighted by atomic mass is 10.00. The van der Waals surface area contributed by atoms with E-state index >= 15 is 0 Å². The standard InChI is InChI=1S/C20H22N2O3/c23-19(13-15-4-3-7-17(12-15)20(24)25)21-9-11-22-10-8-16-5-1-2-6-18(16)14-22/h1-7,12H,8-11,13-14H2,(H,21,23)(H,24,25). The van der Waals surface area contributed by atoms with E-state index in [2.05, 4.69) is 34.5 Å². The minimum atomic E-state index is -0.979. The smallest absolute Gasteiger partial charge is 0.335 e. The van der Waals surface area contributed by atoms with Crippen LogP contribution in [0.25, 0.3) is 0 Å². The minimum Gasteiger partial charge on any atom is -0.478 e. The molecule has 0 bridgehead atoms. The van der Waals surface area contributed by atoms with Crippen LogP contribution in [0.4, 0.5) is 0 Å². The van der Waals surface area contributed by atoms with Gasteiger partial charge < -0.3 is 10.4 Å². The zero-order valence-electron chi connectivity index (χ0n) is 14.1. The Hall–Kier alpha value is -2.66. The molecule has 5 heteroatoms. The summed E-state index contributed by atoms with van der Waals surface area (Å²) >= 11 is 0. The summed E-state index contributed by atoms with van der Waals surface area (Å²) in [6, 6.07) is 15.0. The molecule has 1 aliphatic heterocycles. The molecule has 1 heterocycles. The van der Waals surface area contributed by atoms with E-state index in [1.807, 2.05) is 0 Å². The fourth-order valence-electron chi connectivity index (χ4n) is 3.16. The van der Waals surface area contributed by atoms with Crippen molar-refractivity contribution in [1.29, 1.82) is 0 Å². The molecule has 130 valence electrons. The predicted octanol–water partition coefficient (Wildman–Crippen LogP) is 2.10. The number of nitrogens with one attached hydrogen (secondary N) is 1. The van der Waals surface area contributed by atoms with E-state index in [0.29, 0.717) is 12.1 Å². The van der Waals surface area contributed by atoms with Crippen LogP contribution >= 0.6 is 0 Å². The summed E-state index contributed by atoms with van der Waals surface area (Å²) in [5.41, 5.74) is 3.70. The number of benzene rings is 2. The summed E-state index contributed by atoms with van der Waals surface area (Å²) in [6.07, 6.45) is 1.25. The molecular formula is C20H22N2O3. The number of carboxylic acids is 1. The van der Waals surface area contributed by atoms with Crippen LogP contribution in [0, 0.1) is 0 Å². The lowest BCUT2D eigenvalue weighted by molar-refractivity contribution is -0.120. The Balaban J connectivity index is 1.44. The molecule has 3 rings (SSSR count). The highest BCUT2D eigenvalue weighted by molar-refractivity contribution is 5.88. The van der Waals surface area contributed by atoms with Crippen LogP contribution in [-0.4, -0.2) is 41.5 Å². The summed E-state index contributed by atoms with van der Waals surface area (Å²) in [5.74, 6) is -1.06. The highest BCUT2D eigenvalue weighted by atomic mass is 16.4. The second kappa shape index (κ2) is 7.94. The number of fused-ring (bicyclic) bond motifs is 1. The monoisotopic (exact) mass is 338 g/mol. The number of carbonyl (C=O) groups is 2. The van der Waals surface area contributed by atoms with Gasteiger partial charge in [-0.15, -0.1) is 0 Å². The average molecular weight is 338 g/mol. The first-order valence-electron chi connectivity index (χ1n) is 8.50. The van der Waals surface area contributed by atoms with E-state index in [1.165, 1.54) is 17.2 Å². The maximum Gasteiger partial charge on any atom is 0.335 e. The van der Waals surface area contributed by atoms with Crippen LogP contribution in [0.3, 0.4) is 0 Å². The van der Waals surface area contributed by atoms with Gasteiger partial charge in [-0.05, 0) is 35.2 Å². The third kappa shape index (κ3) is 4.67. The largest absolute Gasteiger partial charge is 0.478 e. The van der Waals surface area contributed by atoms with Gasteiger partial charge in [-0.1, -0.05) is 36.4 Å². The van der Waals surface area contributed by atoms with Crippen molar-refractivity contribution in [3.63, 3.8) is 0 Å². The number of nitrogens with zero attached hydrogens (tertiary/aromatic N) is 1. The van der Waals surface area contributed by atoms with Crippen LogP contribution in [0.5, 0.6) is 0 Å². The summed E-state index contributed by atoms with van der Waals surface area (Å²) in [4.78, 5) is 25.4. The lowest BCUT2D eigenvalue weighted by Crippen LogP contribution is -2.38. The number of hydrogen-bond donors (Lipinski definition) is 2. The molecule has 0 radical (unpaired) electrons. The van der Waals surface area contributed by atoms with Gasteiger partial charge in [0.25, 0.3) is 0 Å². The molecule has 1 amide bonds. The van der Waals surface area contributed by atoms with Crippen LogP contribution in [0.2, 0.25) is 0 Å². The van der Waals surface area contributed by atoms with Crippen LogP contribution in [0.1, 0.15) is 27.0 Å². The van der Waals surface area contributed by atoms with Gasteiger partial charge in [0.1, 0.15) is 0 Å². The van der Waals surface area contributed by atoms with Crippen LogP contribution in [0.15, 0.2) is 48.5 Å². The van der Waals surface area contributed by atoms with Crippen molar-refractivity contribution < 1.29 is 14.7 Å². The Morgan fingerprint density at radius 3 is 2.68 bits per heavy atom. The van der Waals surface area contributed by atoms with E-state index in [0.717, 1.165) is 26.1 Å². The van der Waals surface area contributed by atoms with E-state index in [9.17, 15) is 9.59 Å². The zero-order valence-corrected chi connectivity index (χ0v) is 14.1. The number of carboxylic acid groups (broad SMARTS) is 1. The molecule has 0 unspecified atom stereocenters. The Labute approximate surface area is 147 Å².